The summed E-state index contributed by atoms with van der Waals surface area (Å²) in [6.45, 7) is 5.21. The van der Waals surface area contributed by atoms with Crippen LogP contribution in [0.4, 0.5) is 5.69 Å². The summed E-state index contributed by atoms with van der Waals surface area (Å²) < 4.78 is 0. The molecule has 2 atom stereocenters. The molecule has 0 aromatic heterocycles. The highest BCUT2D eigenvalue weighted by Gasteiger charge is 2.30. The molecule has 2 saturated heterocycles. The molecule has 0 saturated carbocycles. The summed E-state index contributed by atoms with van der Waals surface area (Å²) in [6.07, 6.45) is 0.706. The van der Waals surface area contributed by atoms with Gasteiger partial charge in [-0.1, -0.05) is 42.5 Å². The maximum Gasteiger partial charge on any atom is 0.224 e. The predicted molar refractivity (Wildman–Crippen MR) is 126 cm³/mol. The minimum Gasteiger partial charge on any atom is -0.368 e. The summed E-state index contributed by atoms with van der Waals surface area (Å²) in [7, 11) is 0. The van der Waals surface area contributed by atoms with Crippen molar-refractivity contribution < 1.29 is 9.59 Å². The third kappa shape index (κ3) is 6.02. The molecule has 2 aliphatic heterocycles. The summed E-state index contributed by atoms with van der Waals surface area (Å²) in [5, 5.41) is 6.42. The summed E-state index contributed by atoms with van der Waals surface area (Å²) in [6, 6.07) is 18.6. The van der Waals surface area contributed by atoms with Gasteiger partial charge in [-0.25, -0.2) is 0 Å². The van der Waals surface area contributed by atoms with Crippen LogP contribution in [0.2, 0.25) is 0 Å². The number of benzene rings is 2. The lowest BCUT2D eigenvalue weighted by Gasteiger charge is -2.37. The SMILES string of the molecule is Cc1cccc(N2CCN(C(=O)CC3CC(=O)NC(SCc4ccccc4)N3)CC2)c1. The summed E-state index contributed by atoms with van der Waals surface area (Å²) >= 11 is 1.65. The summed E-state index contributed by atoms with van der Waals surface area (Å²) in [4.78, 5) is 29.3. The number of aryl methyl sites for hydroxylation is 1. The first-order chi connectivity index (χ1) is 15.1. The Kier molecular flexibility index (Phi) is 7.14. The second-order valence-corrected chi connectivity index (χ2v) is 9.32. The number of hydrogen-bond acceptors (Lipinski definition) is 5. The minimum atomic E-state index is -0.169. The van der Waals surface area contributed by atoms with E-state index in [0.29, 0.717) is 12.8 Å². The van der Waals surface area contributed by atoms with Crippen molar-refractivity contribution in [1.82, 2.24) is 15.5 Å². The van der Waals surface area contributed by atoms with Crippen molar-refractivity contribution in [3.8, 4) is 0 Å². The van der Waals surface area contributed by atoms with Crippen LogP contribution in [0.3, 0.4) is 0 Å². The van der Waals surface area contributed by atoms with Gasteiger partial charge < -0.3 is 15.1 Å². The maximum atomic E-state index is 12.9. The van der Waals surface area contributed by atoms with E-state index < -0.39 is 0 Å². The van der Waals surface area contributed by atoms with Crippen LogP contribution in [0.25, 0.3) is 0 Å². The zero-order valence-electron chi connectivity index (χ0n) is 17.9. The molecule has 2 unspecified atom stereocenters. The van der Waals surface area contributed by atoms with E-state index in [1.165, 1.54) is 16.8 Å². The molecule has 6 nitrogen and oxygen atoms in total. The molecule has 4 rings (SSSR count). The van der Waals surface area contributed by atoms with Gasteiger partial charge in [0.1, 0.15) is 5.50 Å². The zero-order chi connectivity index (χ0) is 21.6. The standard InChI is InChI=1S/C24H30N4O2S/c1-18-6-5-9-21(14-18)27-10-12-28(13-11-27)23(30)16-20-15-22(29)26-24(25-20)31-17-19-7-3-2-4-8-19/h2-9,14,20,24-25H,10-13,15-17H2,1H3,(H,26,29). The van der Waals surface area contributed by atoms with Crippen LogP contribution in [-0.4, -0.2) is 54.4 Å². The second kappa shape index (κ2) is 10.2. The molecule has 164 valence electrons. The van der Waals surface area contributed by atoms with E-state index in [1.807, 2.05) is 23.1 Å². The van der Waals surface area contributed by atoms with Crippen LogP contribution in [0, 0.1) is 6.92 Å². The van der Waals surface area contributed by atoms with E-state index in [0.717, 1.165) is 31.9 Å². The molecule has 2 aromatic rings. The lowest BCUT2D eigenvalue weighted by atomic mass is 10.1. The average Bonchev–Trinajstić information content (AvgIpc) is 2.78. The molecule has 0 bridgehead atoms. The van der Waals surface area contributed by atoms with Crippen molar-refractivity contribution in [3.05, 3.63) is 65.7 Å². The number of carbonyl (C=O) groups is 2. The third-order valence-corrected chi connectivity index (χ3v) is 6.88. The molecule has 2 aromatic carbocycles. The van der Waals surface area contributed by atoms with Gasteiger partial charge in [0, 0.05) is 56.5 Å². The third-order valence-electron chi connectivity index (χ3n) is 5.79. The van der Waals surface area contributed by atoms with Crippen molar-refractivity contribution in [2.45, 2.75) is 37.1 Å². The molecule has 0 aliphatic carbocycles. The van der Waals surface area contributed by atoms with Gasteiger partial charge in [0.05, 0.1) is 0 Å². The normalized spacial score (nSPS) is 21.6. The number of piperazine rings is 1. The topological polar surface area (TPSA) is 64.7 Å². The van der Waals surface area contributed by atoms with Crippen LogP contribution in [0.5, 0.6) is 0 Å². The molecule has 2 aliphatic rings. The highest BCUT2D eigenvalue weighted by atomic mass is 32.2. The van der Waals surface area contributed by atoms with Gasteiger partial charge in [0.25, 0.3) is 0 Å². The Hall–Kier alpha value is -2.51. The number of nitrogens with zero attached hydrogens (tertiary/aromatic N) is 2. The van der Waals surface area contributed by atoms with Crippen LogP contribution >= 0.6 is 11.8 Å². The Bertz CT molecular complexity index is 899. The van der Waals surface area contributed by atoms with Crippen molar-refractivity contribution in [1.29, 1.82) is 0 Å². The van der Waals surface area contributed by atoms with E-state index >= 15 is 0 Å². The number of thioether (sulfide) groups is 1. The van der Waals surface area contributed by atoms with Crippen molar-refractivity contribution in [2.24, 2.45) is 0 Å². The largest absolute Gasteiger partial charge is 0.368 e. The van der Waals surface area contributed by atoms with Gasteiger partial charge >= 0.3 is 0 Å². The van der Waals surface area contributed by atoms with Crippen LogP contribution in [0.15, 0.2) is 54.6 Å². The van der Waals surface area contributed by atoms with Gasteiger partial charge in [-0.2, -0.15) is 0 Å². The first kappa shape index (κ1) is 21.7. The van der Waals surface area contributed by atoms with Crippen molar-refractivity contribution in [3.63, 3.8) is 0 Å². The Morgan fingerprint density at radius 3 is 2.58 bits per heavy atom. The molecular weight excluding hydrogens is 408 g/mol. The molecule has 2 heterocycles. The van der Waals surface area contributed by atoms with Crippen LogP contribution < -0.4 is 15.5 Å². The second-order valence-electron chi connectivity index (χ2n) is 8.22. The van der Waals surface area contributed by atoms with Gasteiger partial charge in [-0.15, -0.1) is 11.8 Å². The number of hydrogen-bond donors (Lipinski definition) is 2. The number of carbonyl (C=O) groups excluding carboxylic acids is 2. The molecule has 0 spiro atoms. The average molecular weight is 439 g/mol. The number of nitrogens with one attached hydrogen (secondary N) is 2. The number of amides is 2. The van der Waals surface area contributed by atoms with Gasteiger partial charge in [-0.3, -0.25) is 14.9 Å². The Morgan fingerprint density at radius 1 is 1.06 bits per heavy atom. The Balaban J connectivity index is 1.25. The first-order valence-corrected chi connectivity index (χ1v) is 11.9. The predicted octanol–water partition coefficient (Wildman–Crippen LogP) is 2.73. The van der Waals surface area contributed by atoms with E-state index in [1.54, 1.807) is 11.8 Å². The molecule has 2 amide bonds. The maximum absolute atomic E-state index is 12.9. The fourth-order valence-corrected chi connectivity index (χ4v) is 5.15. The highest BCUT2D eigenvalue weighted by Crippen LogP contribution is 2.21. The van der Waals surface area contributed by atoms with Gasteiger partial charge in [-0.05, 0) is 30.2 Å². The lowest BCUT2D eigenvalue weighted by molar-refractivity contribution is -0.132. The van der Waals surface area contributed by atoms with Gasteiger partial charge in [0.15, 0.2) is 0 Å². The quantitative estimate of drug-likeness (QED) is 0.726. The molecule has 31 heavy (non-hydrogen) atoms. The van der Waals surface area contributed by atoms with Crippen LogP contribution in [0.1, 0.15) is 24.0 Å². The molecule has 2 fully saturated rings. The number of anilines is 1. The van der Waals surface area contributed by atoms with Crippen molar-refractivity contribution in [2.75, 3.05) is 31.1 Å². The van der Waals surface area contributed by atoms with E-state index in [-0.39, 0.29) is 23.4 Å². The lowest BCUT2D eigenvalue weighted by Crippen LogP contribution is -2.56. The van der Waals surface area contributed by atoms with Crippen molar-refractivity contribution >= 4 is 29.3 Å². The first-order valence-electron chi connectivity index (χ1n) is 10.9. The molecule has 7 heteroatoms. The monoisotopic (exact) mass is 438 g/mol. The van der Waals surface area contributed by atoms with Gasteiger partial charge in [0.2, 0.25) is 11.8 Å². The van der Waals surface area contributed by atoms with E-state index in [4.69, 9.17) is 0 Å². The molecular formula is C24H30N4O2S. The summed E-state index contributed by atoms with van der Waals surface area (Å²) in [5.74, 6) is 0.940. The highest BCUT2D eigenvalue weighted by molar-refractivity contribution is 7.99. The Morgan fingerprint density at radius 2 is 1.84 bits per heavy atom. The fraction of sp³-hybridized carbons (Fsp3) is 0.417. The van der Waals surface area contributed by atoms with E-state index in [9.17, 15) is 9.59 Å². The minimum absolute atomic E-state index is 0.00591. The molecule has 0 radical (unpaired) electrons. The smallest absolute Gasteiger partial charge is 0.224 e. The number of rotatable bonds is 6. The van der Waals surface area contributed by atoms with E-state index in [2.05, 4.69) is 58.9 Å². The summed E-state index contributed by atoms with van der Waals surface area (Å²) in [5.41, 5.74) is 3.51. The zero-order valence-corrected chi connectivity index (χ0v) is 18.7. The Labute approximate surface area is 188 Å². The van der Waals surface area contributed by atoms with Crippen LogP contribution in [-0.2, 0) is 15.3 Å². The molecule has 2 N–H and O–H groups in total. The fourth-order valence-electron chi connectivity index (χ4n) is 4.10.